The van der Waals surface area contributed by atoms with Gasteiger partial charge in [-0.25, -0.2) is 0 Å². The smallest absolute Gasteiger partial charge is 0 e. The molecule has 4 heavy (non-hydrogen) atoms. The summed E-state index contributed by atoms with van der Waals surface area (Å²) in [6.45, 7) is 0. The van der Waals surface area contributed by atoms with Gasteiger partial charge in [-0.1, -0.05) is 0 Å². The van der Waals surface area contributed by atoms with E-state index in [1.165, 1.54) is 0 Å². The first-order valence-corrected chi connectivity index (χ1v) is 0. The maximum absolute atomic E-state index is 0. The molecule has 4 heteroatoms. The van der Waals surface area contributed by atoms with Crippen molar-refractivity contribution in [1.82, 2.24) is 0 Å². The van der Waals surface area contributed by atoms with E-state index in [9.17, 15) is 0 Å². The second-order valence-corrected chi connectivity index (χ2v) is 0. The fourth-order valence-electron chi connectivity index (χ4n) is 0. The van der Waals surface area contributed by atoms with Crippen LogP contribution in [0.3, 0.4) is 0 Å². The Morgan fingerprint density at radius 3 is 0.500 bits per heavy atom. The molecule has 0 aromatic heterocycles. The van der Waals surface area contributed by atoms with Crippen LogP contribution >= 0.6 is 37.2 Å². The molecule has 0 aliphatic carbocycles. The van der Waals surface area contributed by atoms with Crippen LogP contribution in [0.5, 0.6) is 0 Å². The molecule has 0 aromatic carbocycles. The van der Waals surface area contributed by atoms with Gasteiger partial charge in [0.1, 0.15) is 0 Å². The summed E-state index contributed by atoms with van der Waals surface area (Å²) in [6.07, 6.45) is 0. The second kappa shape index (κ2) is 19.3. The van der Waals surface area contributed by atoms with Crippen molar-refractivity contribution >= 4 is 75.0 Å². The molecule has 0 amide bonds. The predicted molar refractivity (Wildman–Crippen MR) is 27.5 cm³/mol. The van der Waals surface area contributed by atoms with E-state index in [-0.39, 0.29) is 75.0 Å². The summed E-state index contributed by atoms with van der Waals surface area (Å²) >= 11 is 0. The number of rotatable bonds is 0. The van der Waals surface area contributed by atoms with Gasteiger partial charge in [0.2, 0.25) is 0 Å². The summed E-state index contributed by atoms with van der Waals surface area (Å²) in [4.78, 5) is 0. The van der Waals surface area contributed by atoms with E-state index in [4.69, 9.17) is 0 Å². The molecule has 0 fully saturated rings. The summed E-state index contributed by atoms with van der Waals surface area (Å²) in [7, 11) is 0. The molecular formula is H3CaCl3. The van der Waals surface area contributed by atoms with Gasteiger partial charge in [-0.3, -0.25) is 0 Å². The molecule has 0 atom stereocenters. The minimum absolute atomic E-state index is 0. The van der Waals surface area contributed by atoms with Crippen molar-refractivity contribution in [3.8, 4) is 0 Å². The van der Waals surface area contributed by atoms with Gasteiger partial charge in [0, 0.05) is 37.7 Å². The van der Waals surface area contributed by atoms with Gasteiger partial charge in [0.15, 0.2) is 0 Å². The largest absolute Gasteiger partial charge is 0.147 e. The first-order valence-electron chi connectivity index (χ1n) is 0. The number of hydrogen-bond donors (Lipinski definition) is 0. The zero-order valence-electron chi connectivity index (χ0n) is 1.93. The molecule has 0 N–H and O–H groups in total. The average Bonchev–Trinajstić information content (AvgIpc) is 0. The van der Waals surface area contributed by atoms with E-state index in [2.05, 4.69) is 0 Å². The van der Waals surface area contributed by atoms with Crippen LogP contribution < -0.4 is 0 Å². The Kier molecular flexibility index (Phi) is 171. The average molecular weight is 149 g/mol. The van der Waals surface area contributed by atoms with Crippen molar-refractivity contribution in [1.29, 1.82) is 0 Å². The molecule has 2 radical (unpaired) electrons. The standard InChI is InChI=1S/Ca.3ClH/h;3*1H. The van der Waals surface area contributed by atoms with Crippen molar-refractivity contribution in [2.24, 2.45) is 0 Å². The summed E-state index contributed by atoms with van der Waals surface area (Å²) in [5.74, 6) is 0. The van der Waals surface area contributed by atoms with Gasteiger partial charge in [0.25, 0.3) is 0 Å². The Morgan fingerprint density at radius 1 is 0.500 bits per heavy atom. The zero-order chi connectivity index (χ0) is 0. The molecule has 0 nitrogen and oxygen atoms in total. The van der Waals surface area contributed by atoms with Crippen LogP contribution in [0, 0.1) is 0 Å². The van der Waals surface area contributed by atoms with Crippen molar-refractivity contribution in [3.63, 3.8) is 0 Å². The summed E-state index contributed by atoms with van der Waals surface area (Å²) in [5.41, 5.74) is 0. The maximum atomic E-state index is 0. The molecule has 0 bridgehead atoms. The fourth-order valence-corrected chi connectivity index (χ4v) is 0. The van der Waals surface area contributed by atoms with E-state index in [1.807, 2.05) is 0 Å². The van der Waals surface area contributed by atoms with Gasteiger partial charge < -0.3 is 0 Å². The topological polar surface area (TPSA) is 0 Å². The van der Waals surface area contributed by atoms with Gasteiger partial charge in [-0.05, 0) is 0 Å². The van der Waals surface area contributed by atoms with E-state index in [0.29, 0.717) is 0 Å². The van der Waals surface area contributed by atoms with Crippen LogP contribution in [-0.2, 0) is 0 Å². The Hall–Kier alpha value is 2.13. The first kappa shape index (κ1) is 35.6. The molecule has 0 aliphatic heterocycles. The molecule has 0 heterocycles. The second-order valence-electron chi connectivity index (χ2n) is 0. The molecule has 0 aromatic rings. The minimum atomic E-state index is 0. The Morgan fingerprint density at radius 2 is 0.500 bits per heavy atom. The van der Waals surface area contributed by atoms with Crippen molar-refractivity contribution in [2.75, 3.05) is 0 Å². The quantitative estimate of drug-likeness (QED) is 0.449. The Labute approximate surface area is 73.9 Å². The van der Waals surface area contributed by atoms with Crippen LogP contribution in [0.1, 0.15) is 0 Å². The number of halogens is 3. The van der Waals surface area contributed by atoms with Gasteiger partial charge in [0.05, 0.1) is 0 Å². The van der Waals surface area contributed by atoms with E-state index >= 15 is 0 Å². The molecule has 26 valence electrons. The van der Waals surface area contributed by atoms with Crippen LogP contribution in [0.15, 0.2) is 0 Å². The normalized spacial score (nSPS) is 0. The molecule has 0 rings (SSSR count). The number of hydrogen-bond acceptors (Lipinski definition) is 0. The molecule has 0 saturated carbocycles. The van der Waals surface area contributed by atoms with Crippen molar-refractivity contribution < 1.29 is 0 Å². The third-order valence-electron chi connectivity index (χ3n) is 0. The van der Waals surface area contributed by atoms with Gasteiger partial charge in [-0.2, -0.15) is 0 Å². The van der Waals surface area contributed by atoms with Crippen LogP contribution in [0.4, 0.5) is 0 Å². The molecule has 0 unspecified atom stereocenters. The van der Waals surface area contributed by atoms with Gasteiger partial charge >= 0.3 is 0 Å². The van der Waals surface area contributed by atoms with Crippen LogP contribution in [0.2, 0.25) is 0 Å². The SMILES string of the molecule is Cl.Cl.Cl.[Ca]. The molecule has 0 aliphatic rings. The fraction of sp³-hybridized carbons (Fsp3) is 0. The third kappa shape index (κ3) is 8.92. The van der Waals surface area contributed by atoms with E-state index in [0.717, 1.165) is 0 Å². The van der Waals surface area contributed by atoms with Crippen LogP contribution in [0.25, 0.3) is 0 Å². The minimum Gasteiger partial charge on any atom is -0.147 e. The first-order chi connectivity index (χ1) is 0. The zero-order valence-corrected chi connectivity index (χ0v) is 6.59. The summed E-state index contributed by atoms with van der Waals surface area (Å²) in [6, 6.07) is 0. The Bertz CT molecular complexity index is 3.25. The monoisotopic (exact) mass is 148 g/mol. The maximum Gasteiger partial charge on any atom is 0 e. The summed E-state index contributed by atoms with van der Waals surface area (Å²) < 4.78 is 0. The Balaban J connectivity index is 0. The van der Waals surface area contributed by atoms with E-state index < -0.39 is 0 Å². The third-order valence-corrected chi connectivity index (χ3v) is 0. The van der Waals surface area contributed by atoms with E-state index in [1.54, 1.807) is 0 Å². The molecule has 0 saturated heterocycles. The van der Waals surface area contributed by atoms with Crippen molar-refractivity contribution in [3.05, 3.63) is 0 Å². The predicted octanol–water partition coefficient (Wildman–Crippen LogP) is 0.885. The van der Waals surface area contributed by atoms with Gasteiger partial charge in [-0.15, -0.1) is 37.2 Å². The summed E-state index contributed by atoms with van der Waals surface area (Å²) in [5, 5.41) is 0. The molecule has 0 spiro atoms. The van der Waals surface area contributed by atoms with Crippen molar-refractivity contribution in [2.45, 2.75) is 0 Å². The molecular weight excluding hydrogens is 146 g/mol. The van der Waals surface area contributed by atoms with Crippen LogP contribution in [-0.4, -0.2) is 37.7 Å².